The van der Waals surface area contributed by atoms with Gasteiger partial charge in [0.15, 0.2) is 0 Å². The lowest BCUT2D eigenvalue weighted by atomic mass is 9.86. The first kappa shape index (κ1) is 15.0. The van der Waals surface area contributed by atoms with Crippen LogP contribution in [-0.2, 0) is 0 Å². The van der Waals surface area contributed by atoms with E-state index in [0.717, 1.165) is 5.92 Å². The fraction of sp³-hybridized carbons (Fsp3) is 1.00. The van der Waals surface area contributed by atoms with E-state index in [9.17, 15) is 0 Å². The van der Waals surface area contributed by atoms with Crippen LogP contribution in [0.4, 0.5) is 0 Å². The van der Waals surface area contributed by atoms with Crippen LogP contribution in [0.2, 0.25) is 0 Å². The van der Waals surface area contributed by atoms with Gasteiger partial charge in [-0.25, -0.2) is 0 Å². The molecule has 1 fully saturated rings. The molecule has 1 aliphatic carbocycles. The van der Waals surface area contributed by atoms with Gasteiger partial charge in [-0.05, 0) is 37.1 Å². The quantitative estimate of drug-likeness (QED) is 0.602. The van der Waals surface area contributed by atoms with Gasteiger partial charge in [0, 0.05) is 6.54 Å². The first-order chi connectivity index (χ1) is 8.14. The molecule has 17 heavy (non-hydrogen) atoms. The fourth-order valence-electron chi connectivity index (χ4n) is 2.95. The Labute approximate surface area is 109 Å². The monoisotopic (exact) mass is 239 g/mol. The van der Waals surface area contributed by atoms with Crippen molar-refractivity contribution in [1.82, 2.24) is 5.32 Å². The molecule has 0 heterocycles. The van der Waals surface area contributed by atoms with Gasteiger partial charge in [-0.3, -0.25) is 0 Å². The van der Waals surface area contributed by atoms with Gasteiger partial charge in [-0.15, -0.1) is 0 Å². The van der Waals surface area contributed by atoms with Crippen LogP contribution in [0.5, 0.6) is 0 Å². The van der Waals surface area contributed by atoms with E-state index in [1.54, 1.807) is 0 Å². The summed E-state index contributed by atoms with van der Waals surface area (Å²) in [7, 11) is 0. The lowest BCUT2D eigenvalue weighted by Gasteiger charge is -2.28. The topological polar surface area (TPSA) is 12.0 Å². The average molecular weight is 239 g/mol. The number of hydrogen-bond acceptors (Lipinski definition) is 1. The van der Waals surface area contributed by atoms with Crippen LogP contribution in [0.15, 0.2) is 0 Å². The van der Waals surface area contributed by atoms with Crippen molar-refractivity contribution in [1.29, 1.82) is 0 Å². The van der Waals surface area contributed by atoms with Crippen LogP contribution >= 0.6 is 0 Å². The Morgan fingerprint density at radius 1 is 1.06 bits per heavy atom. The Balaban J connectivity index is 2.06. The molecular formula is C16H33N. The van der Waals surface area contributed by atoms with Crippen molar-refractivity contribution in [2.75, 3.05) is 13.1 Å². The second kappa shape index (κ2) is 8.13. The summed E-state index contributed by atoms with van der Waals surface area (Å²) in [5.41, 5.74) is 0.490. The molecule has 0 aromatic carbocycles. The van der Waals surface area contributed by atoms with Crippen LogP contribution in [0, 0.1) is 11.3 Å². The third-order valence-electron chi connectivity index (χ3n) is 4.22. The molecule has 1 aliphatic rings. The van der Waals surface area contributed by atoms with E-state index < -0.39 is 0 Å². The molecule has 0 amide bonds. The Hall–Kier alpha value is -0.0400. The normalized spacial score (nSPS) is 18.5. The highest BCUT2D eigenvalue weighted by Crippen LogP contribution is 2.25. The minimum atomic E-state index is 0.490. The van der Waals surface area contributed by atoms with Gasteiger partial charge < -0.3 is 5.32 Å². The first-order valence-corrected chi connectivity index (χ1v) is 7.85. The summed E-state index contributed by atoms with van der Waals surface area (Å²) in [5, 5.41) is 3.72. The molecule has 0 bridgehead atoms. The second-order valence-electron chi connectivity index (χ2n) is 6.76. The van der Waals surface area contributed by atoms with E-state index in [1.807, 2.05) is 0 Å². The summed E-state index contributed by atoms with van der Waals surface area (Å²) >= 11 is 0. The van der Waals surface area contributed by atoms with Gasteiger partial charge in [0.05, 0.1) is 0 Å². The lowest BCUT2D eigenvalue weighted by Crippen LogP contribution is -2.33. The molecule has 0 atom stereocenters. The summed E-state index contributed by atoms with van der Waals surface area (Å²) in [6.07, 6.45) is 12.8. The van der Waals surface area contributed by atoms with E-state index in [0.29, 0.717) is 5.41 Å². The van der Waals surface area contributed by atoms with Gasteiger partial charge in [-0.1, -0.05) is 59.3 Å². The maximum Gasteiger partial charge on any atom is 0.000263 e. The SMILES string of the molecule is CCCCCC(C)(C)CNCC1CCCCC1. The van der Waals surface area contributed by atoms with Gasteiger partial charge in [0.2, 0.25) is 0 Å². The van der Waals surface area contributed by atoms with Gasteiger partial charge in [0.25, 0.3) is 0 Å². The highest BCUT2D eigenvalue weighted by atomic mass is 14.9. The Bertz CT molecular complexity index is 180. The van der Waals surface area contributed by atoms with Gasteiger partial charge >= 0.3 is 0 Å². The zero-order valence-electron chi connectivity index (χ0n) is 12.4. The summed E-state index contributed by atoms with van der Waals surface area (Å²) in [6.45, 7) is 9.58. The Kier molecular flexibility index (Phi) is 7.18. The van der Waals surface area contributed by atoms with Crippen molar-refractivity contribution in [3.05, 3.63) is 0 Å². The van der Waals surface area contributed by atoms with Crippen LogP contribution in [0.25, 0.3) is 0 Å². The molecule has 1 nitrogen and oxygen atoms in total. The minimum absolute atomic E-state index is 0.490. The number of nitrogens with one attached hydrogen (secondary N) is 1. The predicted molar refractivity (Wildman–Crippen MR) is 77.4 cm³/mol. The van der Waals surface area contributed by atoms with Crippen molar-refractivity contribution in [3.8, 4) is 0 Å². The maximum absolute atomic E-state index is 3.72. The van der Waals surface area contributed by atoms with E-state index >= 15 is 0 Å². The van der Waals surface area contributed by atoms with Crippen LogP contribution in [-0.4, -0.2) is 13.1 Å². The first-order valence-electron chi connectivity index (χ1n) is 7.85. The number of unbranched alkanes of at least 4 members (excludes halogenated alkanes) is 2. The van der Waals surface area contributed by atoms with E-state index in [4.69, 9.17) is 0 Å². The summed E-state index contributed by atoms with van der Waals surface area (Å²) < 4.78 is 0. The Morgan fingerprint density at radius 3 is 2.41 bits per heavy atom. The molecule has 1 N–H and O–H groups in total. The third-order valence-corrected chi connectivity index (χ3v) is 4.22. The zero-order valence-corrected chi connectivity index (χ0v) is 12.4. The highest BCUT2D eigenvalue weighted by Gasteiger charge is 2.18. The highest BCUT2D eigenvalue weighted by molar-refractivity contribution is 4.74. The number of rotatable bonds is 8. The molecule has 1 saturated carbocycles. The van der Waals surface area contributed by atoms with E-state index in [1.165, 1.54) is 70.9 Å². The maximum atomic E-state index is 3.72. The second-order valence-corrected chi connectivity index (χ2v) is 6.76. The standard InChI is InChI=1S/C16H33N/c1-4-5-9-12-16(2,3)14-17-13-15-10-7-6-8-11-15/h15,17H,4-14H2,1-3H3. The van der Waals surface area contributed by atoms with Crippen molar-refractivity contribution in [2.24, 2.45) is 11.3 Å². The molecule has 1 heteroatoms. The smallest absolute Gasteiger partial charge is 0.000263 e. The minimum Gasteiger partial charge on any atom is -0.316 e. The zero-order chi connectivity index (χ0) is 12.6. The largest absolute Gasteiger partial charge is 0.316 e. The van der Waals surface area contributed by atoms with E-state index in [2.05, 4.69) is 26.1 Å². The molecule has 0 aromatic heterocycles. The molecule has 0 aliphatic heterocycles. The van der Waals surface area contributed by atoms with E-state index in [-0.39, 0.29) is 0 Å². The molecule has 0 unspecified atom stereocenters. The summed E-state index contributed by atoms with van der Waals surface area (Å²) in [6, 6.07) is 0. The fourth-order valence-corrected chi connectivity index (χ4v) is 2.95. The average Bonchev–Trinajstić information content (AvgIpc) is 2.30. The van der Waals surface area contributed by atoms with Crippen molar-refractivity contribution < 1.29 is 0 Å². The Morgan fingerprint density at radius 2 is 1.76 bits per heavy atom. The molecule has 0 radical (unpaired) electrons. The number of hydrogen-bond donors (Lipinski definition) is 1. The van der Waals surface area contributed by atoms with Gasteiger partial charge in [0.1, 0.15) is 0 Å². The molecule has 0 spiro atoms. The third kappa shape index (κ3) is 7.08. The lowest BCUT2D eigenvalue weighted by molar-refractivity contribution is 0.276. The molecular weight excluding hydrogens is 206 g/mol. The molecule has 1 rings (SSSR count). The van der Waals surface area contributed by atoms with Crippen molar-refractivity contribution >= 4 is 0 Å². The van der Waals surface area contributed by atoms with Gasteiger partial charge in [-0.2, -0.15) is 0 Å². The molecule has 0 saturated heterocycles. The molecule has 102 valence electrons. The van der Waals surface area contributed by atoms with Crippen LogP contribution in [0.1, 0.15) is 78.6 Å². The summed E-state index contributed by atoms with van der Waals surface area (Å²) in [5.74, 6) is 0.968. The predicted octanol–water partition coefficient (Wildman–Crippen LogP) is 4.76. The van der Waals surface area contributed by atoms with Crippen molar-refractivity contribution in [3.63, 3.8) is 0 Å². The summed E-state index contributed by atoms with van der Waals surface area (Å²) in [4.78, 5) is 0. The van der Waals surface area contributed by atoms with Crippen molar-refractivity contribution in [2.45, 2.75) is 78.6 Å². The van der Waals surface area contributed by atoms with Crippen LogP contribution < -0.4 is 5.32 Å². The molecule has 0 aromatic rings. The van der Waals surface area contributed by atoms with Crippen LogP contribution in [0.3, 0.4) is 0 Å².